The third-order valence-corrected chi connectivity index (χ3v) is 2.45. The van der Waals surface area contributed by atoms with Crippen LogP contribution in [0, 0.1) is 0 Å². The SMILES string of the molecule is CCc1c[se]c(N)n1. The fourth-order valence-electron chi connectivity index (χ4n) is 0.485. The van der Waals surface area contributed by atoms with Crippen LogP contribution < -0.4 is 5.73 Å². The second kappa shape index (κ2) is 2.33. The van der Waals surface area contributed by atoms with Crippen molar-refractivity contribution in [3.05, 3.63) is 10.6 Å². The molecule has 2 nitrogen and oxygen atoms in total. The summed E-state index contributed by atoms with van der Waals surface area (Å²) >= 11 is 0.366. The second-order valence-electron chi connectivity index (χ2n) is 1.53. The molecular weight excluding hydrogens is 167 g/mol. The van der Waals surface area contributed by atoms with Gasteiger partial charge in [0, 0.05) is 0 Å². The Kier molecular flexibility index (Phi) is 1.71. The summed E-state index contributed by atoms with van der Waals surface area (Å²) in [6.45, 7) is 2.09. The van der Waals surface area contributed by atoms with Gasteiger partial charge in [0.1, 0.15) is 0 Å². The summed E-state index contributed by atoms with van der Waals surface area (Å²) in [6, 6.07) is 0. The number of aryl methyl sites for hydroxylation is 1. The molecule has 1 aromatic heterocycles. The molecule has 0 saturated carbocycles. The molecule has 0 saturated heterocycles. The Hall–Kier alpha value is -0.271. The molecule has 0 radical (unpaired) electrons. The van der Waals surface area contributed by atoms with Gasteiger partial charge in [0.25, 0.3) is 0 Å². The number of hydrogen-bond acceptors (Lipinski definition) is 2. The summed E-state index contributed by atoms with van der Waals surface area (Å²) in [6.07, 6.45) is 1.02. The van der Waals surface area contributed by atoms with Gasteiger partial charge in [0.15, 0.2) is 0 Å². The fourth-order valence-corrected chi connectivity index (χ4v) is 1.84. The molecule has 0 fully saturated rings. The van der Waals surface area contributed by atoms with E-state index in [0.717, 1.165) is 16.8 Å². The Balaban J connectivity index is 2.84. The minimum atomic E-state index is 0.366. The van der Waals surface area contributed by atoms with E-state index in [0.29, 0.717) is 14.5 Å². The van der Waals surface area contributed by atoms with Crippen LogP contribution in [0.3, 0.4) is 0 Å². The fraction of sp³-hybridized carbons (Fsp3) is 0.400. The van der Waals surface area contributed by atoms with Gasteiger partial charge in [0.05, 0.1) is 0 Å². The van der Waals surface area contributed by atoms with E-state index >= 15 is 0 Å². The van der Waals surface area contributed by atoms with Gasteiger partial charge in [-0.05, 0) is 0 Å². The summed E-state index contributed by atoms with van der Waals surface area (Å²) in [5.74, 6) is 0. The Bertz CT molecular complexity index is 171. The Morgan fingerprint density at radius 2 is 2.62 bits per heavy atom. The van der Waals surface area contributed by atoms with Crippen molar-refractivity contribution in [3.8, 4) is 0 Å². The number of nitrogen functional groups attached to an aromatic ring is 1. The van der Waals surface area contributed by atoms with Crippen molar-refractivity contribution in [2.45, 2.75) is 13.3 Å². The predicted octanol–water partition coefficient (Wildman–Crippen LogP) is 0.283. The molecule has 1 aromatic rings. The van der Waals surface area contributed by atoms with E-state index in [2.05, 4.69) is 16.8 Å². The van der Waals surface area contributed by atoms with E-state index in [4.69, 9.17) is 5.73 Å². The van der Waals surface area contributed by atoms with E-state index in [1.807, 2.05) is 0 Å². The zero-order chi connectivity index (χ0) is 5.98. The zero-order valence-corrected chi connectivity index (χ0v) is 6.43. The van der Waals surface area contributed by atoms with Crippen LogP contribution in [0.4, 0.5) is 4.69 Å². The Morgan fingerprint density at radius 1 is 1.88 bits per heavy atom. The van der Waals surface area contributed by atoms with Gasteiger partial charge in [-0.3, -0.25) is 0 Å². The average Bonchev–Trinajstić information content (AvgIpc) is 2.14. The molecule has 1 heterocycles. The molecule has 0 amide bonds. The normalized spacial score (nSPS) is 9.62. The maximum atomic E-state index is 5.43. The van der Waals surface area contributed by atoms with E-state index in [9.17, 15) is 0 Å². The summed E-state index contributed by atoms with van der Waals surface area (Å²) in [7, 11) is 0. The predicted molar refractivity (Wildman–Crippen MR) is 35.0 cm³/mol. The topological polar surface area (TPSA) is 38.9 Å². The van der Waals surface area contributed by atoms with E-state index in [-0.39, 0.29) is 0 Å². The van der Waals surface area contributed by atoms with Gasteiger partial charge >= 0.3 is 53.9 Å². The molecular formula is C5H8N2Se. The first-order valence-electron chi connectivity index (χ1n) is 2.53. The van der Waals surface area contributed by atoms with Crippen molar-refractivity contribution in [2.24, 2.45) is 0 Å². The number of nitrogens with zero attached hydrogens (tertiary/aromatic N) is 1. The van der Waals surface area contributed by atoms with E-state index < -0.39 is 0 Å². The Morgan fingerprint density at radius 3 is 2.88 bits per heavy atom. The van der Waals surface area contributed by atoms with Gasteiger partial charge in [0.2, 0.25) is 0 Å². The molecule has 0 unspecified atom stereocenters. The van der Waals surface area contributed by atoms with E-state index in [1.165, 1.54) is 0 Å². The van der Waals surface area contributed by atoms with E-state index in [1.54, 1.807) is 0 Å². The number of anilines is 1. The molecule has 3 heteroatoms. The van der Waals surface area contributed by atoms with Crippen molar-refractivity contribution in [1.82, 2.24) is 4.98 Å². The third kappa shape index (κ3) is 1.11. The first-order valence-corrected chi connectivity index (χ1v) is 4.37. The maximum absolute atomic E-state index is 5.43. The average molecular weight is 175 g/mol. The first kappa shape index (κ1) is 5.86. The number of aromatic nitrogens is 1. The molecule has 0 aliphatic rings. The van der Waals surface area contributed by atoms with Gasteiger partial charge in [-0.15, -0.1) is 0 Å². The van der Waals surface area contributed by atoms with Crippen LogP contribution in [0.1, 0.15) is 12.6 Å². The molecule has 0 spiro atoms. The van der Waals surface area contributed by atoms with Gasteiger partial charge in [-0.25, -0.2) is 0 Å². The zero-order valence-electron chi connectivity index (χ0n) is 4.72. The number of hydrogen-bond donors (Lipinski definition) is 1. The van der Waals surface area contributed by atoms with Crippen LogP contribution in [0.2, 0.25) is 0 Å². The summed E-state index contributed by atoms with van der Waals surface area (Å²) in [4.78, 5) is 6.22. The van der Waals surface area contributed by atoms with Crippen LogP contribution in [-0.4, -0.2) is 19.5 Å². The van der Waals surface area contributed by atoms with Gasteiger partial charge in [-0.2, -0.15) is 0 Å². The Labute approximate surface area is 54.5 Å². The quantitative estimate of drug-likeness (QED) is 0.623. The molecule has 0 aromatic carbocycles. The van der Waals surface area contributed by atoms with Gasteiger partial charge in [-0.1, -0.05) is 0 Å². The van der Waals surface area contributed by atoms with Crippen LogP contribution in [-0.2, 0) is 6.42 Å². The van der Waals surface area contributed by atoms with Gasteiger partial charge < -0.3 is 0 Å². The molecule has 0 aliphatic heterocycles. The monoisotopic (exact) mass is 176 g/mol. The molecule has 2 N–H and O–H groups in total. The van der Waals surface area contributed by atoms with Crippen LogP contribution in [0.15, 0.2) is 4.94 Å². The number of rotatable bonds is 1. The van der Waals surface area contributed by atoms with Crippen LogP contribution >= 0.6 is 0 Å². The molecule has 0 bridgehead atoms. The number of nitrogens with two attached hydrogens (primary N) is 1. The second-order valence-corrected chi connectivity index (χ2v) is 3.40. The molecule has 8 heavy (non-hydrogen) atoms. The first-order chi connectivity index (χ1) is 3.83. The van der Waals surface area contributed by atoms with Crippen LogP contribution in [0.5, 0.6) is 0 Å². The third-order valence-electron chi connectivity index (χ3n) is 0.932. The van der Waals surface area contributed by atoms with Crippen LogP contribution in [0.25, 0.3) is 0 Å². The molecule has 1 rings (SSSR count). The van der Waals surface area contributed by atoms with Crippen molar-refractivity contribution in [3.63, 3.8) is 0 Å². The van der Waals surface area contributed by atoms with Crippen molar-refractivity contribution < 1.29 is 0 Å². The molecule has 0 atom stereocenters. The molecule has 0 aliphatic carbocycles. The summed E-state index contributed by atoms with van der Waals surface area (Å²) in [5, 5.41) is 0. The van der Waals surface area contributed by atoms with Crippen molar-refractivity contribution in [1.29, 1.82) is 0 Å². The van der Waals surface area contributed by atoms with Crippen molar-refractivity contribution in [2.75, 3.05) is 5.73 Å². The summed E-state index contributed by atoms with van der Waals surface area (Å²) < 4.78 is 0.814. The minimum absolute atomic E-state index is 0.366. The summed E-state index contributed by atoms with van der Waals surface area (Å²) in [5.41, 5.74) is 6.58. The molecule has 44 valence electrons. The van der Waals surface area contributed by atoms with Crippen molar-refractivity contribution >= 4 is 19.2 Å². The standard InChI is InChI=1S/C5H8N2Se/c1-2-4-3-8-5(6)7-4/h3H,2H2,1H3,(H2,6,7).